The van der Waals surface area contributed by atoms with Gasteiger partial charge in [0.1, 0.15) is 11.6 Å². The van der Waals surface area contributed by atoms with E-state index < -0.39 is 11.6 Å². The van der Waals surface area contributed by atoms with Gasteiger partial charge in [-0.05, 0) is 18.9 Å². The van der Waals surface area contributed by atoms with Crippen molar-refractivity contribution in [2.45, 2.75) is 31.8 Å². The zero-order chi connectivity index (χ0) is 16.4. The van der Waals surface area contributed by atoms with Crippen LogP contribution in [-0.2, 0) is 11.3 Å². The average Bonchev–Trinajstić information content (AvgIpc) is 2.81. The maximum absolute atomic E-state index is 13.8. The second kappa shape index (κ2) is 6.93. The number of benzene rings is 1. The lowest BCUT2D eigenvalue weighted by atomic mass is 9.84. The molecule has 0 spiro atoms. The van der Waals surface area contributed by atoms with E-state index in [2.05, 4.69) is 5.32 Å². The Bertz CT molecular complexity index is 578. The number of nitrogens with zero attached hydrogens (tertiary/aromatic N) is 1. The molecule has 1 aromatic rings. The van der Waals surface area contributed by atoms with Gasteiger partial charge >= 0.3 is 0 Å². The topological polar surface area (TPSA) is 52.6 Å². The molecule has 1 aliphatic heterocycles. The normalized spacial score (nSPS) is 25.3. The SMILES string of the molecule is O=C(N[C@@H]1CN(Cc2ccc(F)cc2F)C[C@H]1CO)C1CCC1. The second-order valence-electron chi connectivity index (χ2n) is 6.62. The Hall–Kier alpha value is -1.53. The highest BCUT2D eigenvalue weighted by Gasteiger charge is 2.35. The monoisotopic (exact) mass is 324 g/mol. The van der Waals surface area contributed by atoms with Crippen LogP contribution >= 0.6 is 0 Å². The molecule has 6 heteroatoms. The summed E-state index contributed by atoms with van der Waals surface area (Å²) in [5.41, 5.74) is 0.425. The van der Waals surface area contributed by atoms with Gasteiger partial charge in [-0.2, -0.15) is 0 Å². The van der Waals surface area contributed by atoms with Gasteiger partial charge in [0.05, 0.1) is 0 Å². The number of amides is 1. The van der Waals surface area contributed by atoms with Crippen LogP contribution in [0.2, 0.25) is 0 Å². The first-order chi connectivity index (χ1) is 11.1. The fourth-order valence-electron chi connectivity index (χ4n) is 3.30. The predicted molar refractivity (Wildman–Crippen MR) is 81.5 cm³/mol. The van der Waals surface area contributed by atoms with Crippen LogP contribution in [0.3, 0.4) is 0 Å². The molecule has 0 bridgehead atoms. The number of likely N-dealkylation sites (tertiary alicyclic amines) is 1. The van der Waals surface area contributed by atoms with Crippen molar-refractivity contribution in [3.63, 3.8) is 0 Å². The van der Waals surface area contributed by atoms with Crippen molar-refractivity contribution in [2.75, 3.05) is 19.7 Å². The van der Waals surface area contributed by atoms with Crippen molar-refractivity contribution < 1.29 is 18.7 Å². The minimum atomic E-state index is -0.591. The number of nitrogens with one attached hydrogen (secondary N) is 1. The zero-order valence-electron chi connectivity index (χ0n) is 13.0. The van der Waals surface area contributed by atoms with Gasteiger partial charge in [-0.15, -0.1) is 0 Å². The number of aliphatic hydroxyl groups is 1. The summed E-state index contributed by atoms with van der Waals surface area (Å²) >= 11 is 0. The van der Waals surface area contributed by atoms with Crippen LogP contribution in [0, 0.1) is 23.5 Å². The Morgan fingerprint density at radius 3 is 2.70 bits per heavy atom. The maximum atomic E-state index is 13.8. The molecule has 1 aromatic carbocycles. The van der Waals surface area contributed by atoms with Crippen LogP contribution < -0.4 is 5.32 Å². The molecule has 2 atom stereocenters. The largest absolute Gasteiger partial charge is 0.396 e. The van der Waals surface area contributed by atoms with Crippen molar-refractivity contribution in [1.29, 1.82) is 0 Å². The molecule has 2 N–H and O–H groups in total. The standard InChI is InChI=1S/C17H22F2N2O2/c18-14-5-4-12(15(19)6-14)7-21-8-13(10-22)16(9-21)20-17(23)11-2-1-3-11/h4-6,11,13,16,22H,1-3,7-10H2,(H,20,23)/t13-,16+/m0/s1. The van der Waals surface area contributed by atoms with Crippen LogP contribution in [0.25, 0.3) is 0 Å². The number of hydrogen-bond donors (Lipinski definition) is 2. The number of aliphatic hydroxyl groups excluding tert-OH is 1. The summed E-state index contributed by atoms with van der Waals surface area (Å²) in [7, 11) is 0. The van der Waals surface area contributed by atoms with Gasteiger partial charge in [-0.1, -0.05) is 12.5 Å². The number of hydrogen-bond acceptors (Lipinski definition) is 3. The van der Waals surface area contributed by atoms with Crippen LogP contribution in [0.1, 0.15) is 24.8 Å². The van der Waals surface area contributed by atoms with Crippen molar-refractivity contribution in [2.24, 2.45) is 11.8 Å². The fourth-order valence-corrected chi connectivity index (χ4v) is 3.30. The molecule has 1 aliphatic carbocycles. The summed E-state index contributed by atoms with van der Waals surface area (Å²) in [6.45, 7) is 1.49. The smallest absolute Gasteiger partial charge is 0.223 e. The molecule has 0 unspecified atom stereocenters. The average molecular weight is 324 g/mol. The third-order valence-corrected chi connectivity index (χ3v) is 4.96. The first-order valence-corrected chi connectivity index (χ1v) is 8.14. The predicted octanol–water partition coefficient (Wildman–Crippen LogP) is 1.67. The summed E-state index contributed by atoms with van der Waals surface area (Å²) in [5, 5.41) is 12.6. The molecule has 3 rings (SSSR count). The highest BCUT2D eigenvalue weighted by atomic mass is 19.1. The first kappa shape index (κ1) is 16.3. The molecule has 1 saturated heterocycles. The molecule has 23 heavy (non-hydrogen) atoms. The lowest BCUT2D eigenvalue weighted by molar-refractivity contribution is -0.128. The summed E-state index contributed by atoms with van der Waals surface area (Å²) in [6, 6.07) is 3.45. The summed E-state index contributed by atoms with van der Waals surface area (Å²) in [4.78, 5) is 14.1. The van der Waals surface area contributed by atoms with Gasteiger partial charge in [-0.3, -0.25) is 9.69 Å². The van der Waals surface area contributed by atoms with Crippen molar-refractivity contribution in [1.82, 2.24) is 10.2 Å². The first-order valence-electron chi connectivity index (χ1n) is 8.14. The quantitative estimate of drug-likeness (QED) is 0.866. The van der Waals surface area contributed by atoms with Gasteiger partial charge in [0.15, 0.2) is 0 Å². The zero-order valence-corrected chi connectivity index (χ0v) is 13.0. The summed E-state index contributed by atoms with van der Waals surface area (Å²) < 4.78 is 26.7. The number of carbonyl (C=O) groups excluding carboxylic acids is 1. The van der Waals surface area contributed by atoms with Crippen molar-refractivity contribution >= 4 is 5.91 Å². The fraction of sp³-hybridized carbons (Fsp3) is 0.588. The molecular weight excluding hydrogens is 302 g/mol. The number of carbonyl (C=O) groups is 1. The number of halogens is 2. The molecular formula is C17H22F2N2O2. The van der Waals surface area contributed by atoms with E-state index in [1.54, 1.807) is 0 Å². The van der Waals surface area contributed by atoms with Crippen molar-refractivity contribution in [3.05, 3.63) is 35.4 Å². The van der Waals surface area contributed by atoms with Gasteiger partial charge in [0.2, 0.25) is 5.91 Å². The molecule has 2 aliphatic rings. The van der Waals surface area contributed by atoms with Crippen LogP contribution in [-0.4, -0.2) is 41.7 Å². The van der Waals surface area contributed by atoms with E-state index in [1.807, 2.05) is 4.90 Å². The Labute approximate surface area is 134 Å². The Balaban J connectivity index is 1.60. The molecule has 4 nitrogen and oxygen atoms in total. The van der Waals surface area contributed by atoms with Crippen LogP contribution in [0.4, 0.5) is 8.78 Å². The molecule has 126 valence electrons. The lowest BCUT2D eigenvalue weighted by Gasteiger charge is -2.27. The lowest BCUT2D eigenvalue weighted by Crippen LogP contribution is -2.45. The molecule has 2 fully saturated rings. The third-order valence-electron chi connectivity index (χ3n) is 4.96. The maximum Gasteiger partial charge on any atom is 0.223 e. The molecule has 1 heterocycles. The third kappa shape index (κ3) is 3.70. The van der Waals surface area contributed by atoms with Gasteiger partial charge in [0.25, 0.3) is 0 Å². The van der Waals surface area contributed by atoms with Gasteiger partial charge in [0, 0.05) is 55.7 Å². The van der Waals surface area contributed by atoms with Crippen molar-refractivity contribution in [3.8, 4) is 0 Å². The van der Waals surface area contributed by atoms with E-state index >= 15 is 0 Å². The van der Waals surface area contributed by atoms with E-state index in [0.717, 1.165) is 25.3 Å². The van der Waals surface area contributed by atoms with Crippen LogP contribution in [0.15, 0.2) is 18.2 Å². The molecule has 0 aromatic heterocycles. The highest BCUT2D eigenvalue weighted by Crippen LogP contribution is 2.27. The summed E-state index contributed by atoms with van der Waals surface area (Å²) in [5.74, 6) is -1.03. The van der Waals surface area contributed by atoms with E-state index in [1.165, 1.54) is 12.1 Å². The van der Waals surface area contributed by atoms with E-state index in [-0.39, 0.29) is 30.4 Å². The van der Waals surface area contributed by atoms with E-state index in [9.17, 15) is 18.7 Å². The Morgan fingerprint density at radius 1 is 1.30 bits per heavy atom. The second-order valence-corrected chi connectivity index (χ2v) is 6.62. The Kier molecular flexibility index (Phi) is 4.92. The van der Waals surface area contributed by atoms with E-state index in [4.69, 9.17) is 0 Å². The van der Waals surface area contributed by atoms with Gasteiger partial charge in [-0.25, -0.2) is 8.78 Å². The molecule has 0 radical (unpaired) electrons. The van der Waals surface area contributed by atoms with Gasteiger partial charge < -0.3 is 10.4 Å². The minimum absolute atomic E-state index is 0.0159. The number of rotatable bonds is 5. The minimum Gasteiger partial charge on any atom is -0.396 e. The van der Waals surface area contributed by atoms with Crippen LogP contribution in [0.5, 0.6) is 0 Å². The highest BCUT2D eigenvalue weighted by molar-refractivity contribution is 5.79. The summed E-state index contributed by atoms with van der Waals surface area (Å²) in [6.07, 6.45) is 2.97. The Morgan fingerprint density at radius 2 is 2.09 bits per heavy atom. The molecule has 1 amide bonds. The molecule has 1 saturated carbocycles. The van der Waals surface area contributed by atoms with E-state index in [0.29, 0.717) is 25.2 Å².